The lowest BCUT2D eigenvalue weighted by Crippen LogP contribution is -2.36. The fourth-order valence-corrected chi connectivity index (χ4v) is 2.95. The van der Waals surface area contributed by atoms with Gasteiger partial charge in [0, 0.05) is 30.7 Å². The molecule has 1 fully saturated rings. The number of hydrogen-bond acceptors (Lipinski definition) is 3. The first-order valence-corrected chi connectivity index (χ1v) is 7.89. The molecule has 0 saturated heterocycles. The van der Waals surface area contributed by atoms with E-state index < -0.39 is 6.10 Å². The van der Waals surface area contributed by atoms with E-state index in [0.29, 0.717) is 11.6 Å². The van der Waals surface area contributed by atoms with Gasteiger partial charge in [-0.25, -0.2) is 0 Å². The van der Waals surface area contributed by atoms with Crippen LogP contribution in [0.5, 0.6) is 0 Å². The van der Waals surface area contributed by atoms with Gasteiger partial charge in [0.15, 0.2) is 0 Å². The van der Waals surface area contributed by atoms with Crippen molar-refractivity contribution in [1.29, 1.82) is 0 Å². The van der Waals surface area contributed by atoms with Crippen molar-refractivity contribution >= 4 is 11.6 Å². The highest BCUT2D eigenvalue weighted by atomic mass is 35.5. The molecule has 1 atom stereocenters. The highest BCUT2D eigenvalue weighted by Crippen LogP contribution is 2.21. The molecular formula is C16H25ClN2O. The van der Waals surface area contributed by atoms with Crippen LogP contribution in [0.2, 0.25) is 5.02 Å². The molecule has 0 aliphatic heterocycles. The summed E-state index contributed by atoms with van der Waals surface area (Å²) in [7, 11) is 2.20. The number of aliphatic hydroxyl groups excluding tert-OH is 1. The number of nitrogens with one attached hydrogen (secondary N) is 1. The third-order valence-corrected chi connectivity index (χ3v) is 4.43. The molecule has 1 aromatic carbocycles. The van der Waals surface area contributed by atoms with Gasteiger partial charge in [-0.1, -0.05) is 36.6 Å². The zero-order chi connectivity index (χ0) is 14.4. The predicted molar refractivity (Wildman–Crippen MR) is 84.2 cm³/mol. The van der Waals surface area contributed by atoms with Gasteiger partial charge in [0.1, 0.15) is 0 Å². The van der Waals surface area contributed by atoms with Crippen molar-refractivity contribution in [3.63, 3.8) is 0 Å². The first-order valence-electron chi connectivity index (χ1n) is 7.51. The van der Waals surface area contributed by atoms with Crippen molar-refractivity contribution in [3.05, 3.63) is 34.9 Å². The van der Waals surface area contributed by atoms with Gasteiger partial charge in [0.25, 0.3) is 0 Å². The Hall–Kier alpha value is -0.610. The average Bonchev–Trinajstić information content (AvgIpc) is 2.98. The summed E-state index contributed by atoms with van der Waals surface area (Å²) in [6, 6.07) is 8.14. The first kappa shape index (κ1) is 15.8. The van der Waals surface area contributed by atoms with Crippen molar-refractivity contribution in [2.24, 2.45) is 0 Å². The van der Waals surface area contributed by atoms with E-state index in [2.05, 4.69) is 17.3 Å². The lowest BCUT2D eigenvalue weighted by Gasteiger charge is -2.24. The molecule has 1 unspecified atom stereocenters. The Morgan fingerprint density at radius 1 is 1.30 bits per heavy atom. The number of aliphatic hydroxyl groups is 1. The predicted octanol–water partition coefficient (Wildman–Crippen LogP) is 2.84. The Bertz CT molecular complexity index is 390. The van der Waals surface area contributed by atoms with Crippen LogP contribution in [-0.4, -0.2) is 42.7 Å². The van der Waals surface area contributed by atoms with Gasteiger partial charge in [-0.2, -0.15) is 0 Å². The van der Waals surface area contributed by atoms with Crippen LogP contribution in [0, 0.1) is 0 Å². The molecule has 20 heavy (non-hydrogen) atoms. The van der Waals surface area contributed by atoms with Crippen LogP contribution in [0.1, 0.15) is 37.4 Å². The number of benzene rings is 1. The van der Waals surface area contributed by atoms with Crippen molar-refractivity contribution < 1.29 is 5.11 Å². The van der Waals surface area contributed by atoms with Gasteiger partial charge in [-0.3, -0.25) is 0 Å². The normalized spacial score (nSPS) is 17.8. The van der Waals surface area contributed by atoms with Crippen LogP contribution < -0.4 is 5.32 Å². The van der Waals surface area contributed by atoms with Crippen molar-refractivity contribution in [1.82, 2.24) is 10.2 Å². The molecule has 0 radical (unpaired) electrons. The highest BCUT2D eigenvalue weighted by molar-refractivity contribution is 6.30. The molecule has 112 valence electrons. The lowest BCUT2D eigenvalue weighted by molar-refractivity contribution is 0.170. The summed E-state index contributed by atoms with van der Waals surface area (Å²) in [6.07, 6.45) is 4.95. The van der Waals surface area contributed by atoms with Crippen molar-refractivity contribution in [2.45, 2.75) is 37.8 Å². The van der Waals surface area contributed by atoms with Gasteiger partial charge in [0.05, 0.1) is 6.10 Å². The maximum absolute atomic E-state index is 10.1. The summed E-state index contributed by atoms with van der Waals surface area (Å²) in [4.78, 5) is 2.44. The van der Waals surface area contributed by atoms with E-state index in [1.54, 1.807) is 0 Å². The third-order valence-electron chi connectivity index (χ3n) is 4.18. The van der Waals surface area contributed by atoms with E-state index in [0.717, 1.165) is 24.7 Å². The zero-order valence-corrected chi connectivity index (χ0v) is 12.9. The Balaban J connectivity index is 1.63. The summed E-state index contributed by atoms with van der Waals surface area (Å²) in [6.45, 7) is 2.54. The van der Waals surface area contributed by atoms with E-state index in [1.807, 2.05) is 24.3 Å². The third kappa shape index (κ3) is 4.74. The average molecular weight is 297 g/mol. The maximum atomic E-state index is 10.1. The molecule has 1 saturated carbocycles. The van der Waals surface area contributed by atoms with Crippen molar-refractivity contribution in [2.75, 3.05) is 26.7 Å². The van der Waals surface area contributed by atoms with E-state index in [1.165, 1.54) is 25.7 Å². The van der Waals surface area contributed by atoms with Crippen LogP contribution in [0.15, 0.2) is 24.3 Å². The van der Waals surface area contributed by atoms with E-state index in [4.69, 9.17) is 11.6 Å². The second kappa shape index (κ2) is 7.99. The second-order valence-electron chi connectivity index (χ2n) is 5.69. The number of rotatable bonds is 7. The van der Waals surface area contributed by atoms with Crippen LogP contribution in [-0.2, 0) is 0 Å². The number of nitrogens with zero attached hydrogens (tertiary/aromatic N) is 1. The standard InChI is InChI=1S/C16H25ClN2O/c1-19(15-4-2-3-5-15)11-10-18-12-16(20)13-6-8-14(17)9-7-13/h6-9,15-16,18,20H,2-5,10-12H2,1H3. The molecule has 1 aliphatic carbocycles. The molecule has 0 spiro atoms. The van der Waals surface area contributed by atoms with Gasteiger partial charge in [-0.15, -0.1) is 0 Å². The Morgan fingerprint density at radius 3 is 2.60 bits per heavy atom. The van der Waals surface area contributed by atoms with Crippen molar-refractivity contribution in [3.8, 4) is 0 Å². The number of hydrogen-bond donors (Lipinski definition) is 2. The highest BCUT2D eigenvalue weighted by Gasteiger charge is 2.18. The fraction of sp³-hybridized carbons (Fsp3) is 0.625. The van der Waals surface area contributed by atoms with E-state index in [-0.39, 0.29) is 0 Å². The summed E-state index contributed by atoms with van der Waals surface area (Å²) < 4.78 is 0. The molecule has 1 aromatic rings. The van der Waals surface area contributed by atoms with Crippen LogP contribution >= 0.6 is 11.6 Å². The Kier molecular flexibility index (Phi) is 6.30. The Labute approximate surface area is 126 Å². The first-order chi connectivity index (χ1) is 9.66. The molecule has 0 bridgehead atoms. The van der Waals surface area contributed by atoms with E-state index >= 15 is 0 Å². The van der Waals surface area contributed by atoms with Crippen LogP contribution in [0.25, 0.3) is 0 Å². The minimum Gasteiger partial charge on any atom is -0.387 e. The summed E-state index contributed by atoms with van der Waals surface area (Å²) in [5.74, 6) is 0. The molecule has 1 aliphatic rings. The molecule has 0 amide bonds. The fourth-order valence-electron chi connectivity index (χ4n) is 2.82. The lowest BCUT2D eigenvalue weighted by atomic mass is 10.1. The zero-order valence-electron chi connectivity index (χ0n) is 12.2. The molecule has 0 heterocycles. The summed E-state index contributed by atoms with van der Waals surface area (Å²) in [5.41, 5.74) is 0.908. The number of halogens is 1. The van der Waals surface area contributed by atoms with Crippen LogP contribution in [0.4, 0.5) is 0 Å². The van der Waals surface area contributed by atoms with Gasteiger partial charge in [-0.05, 0) is 37.6 Å². The van der Waals surface area contributed by atoms with E-state index in [9.17, 15) is 5.11 Å². The number of likely N-dealkylation sites (N-methyl/N-ethyl adjacent to an activating group) is 1. The quantitative estimate of drug-likeness (QED) is 0.760. The maximum Gasteiger partial charge on any atom is 0.0914 e. The molecule has 2 rings (SSSR count). The SMILES string of the molecule is CN(CCNCC(O)c1ccc(Cl)cc1)C1CCCC1. The minimum absolute atomic E-state index is 0.468. The molecule has 4 heteroatoms. The summed E-state index contributed by atoms with van der Waals surface area (Å²) >= 11 is 5.84. The molecule has 3 nitrogen and oxygen atoms in total. The molecule has 0 aromatic heterocycles. The smallest absolute Gasteiger partial charge is 0.0914 e. The minimum atomic E-state index is -0.468. The molecule has 2 N–H and O–H groups in total. The largest absolute Gasteiger partial charge is 0.387 e. The second-order valence-corrected chi connectivity index (χ2v) is 6.13. The molecular weight excluding hydrogens is 272 g/mol. The van der Waals surface area contributed by atoms with Gasteiger partial charge < -0.3 is 15.3 Å². The summed E-state index contributed by atoms with van der Waals surface area (Å²) in [5, 5.41) is 14.1. The van der Waals surface area contributed by atoms with Gasteiger partial charge >= 0.3 is 0 Å². The monoisotopic (exact) mass is 296 g/mol. The van der Waals surface area contributed by atoms with Gasteiger partial charge in [0.2, 0.25) is 0 Å². The topological polar surface area (TPSA) is 35.5 Å². The Morgan fingerprint density at radius 2 is 1.95 bits per heavy atom. The van der Waals surface area contributed by atoms with Crippen LogP contribution in [0.3, 0.4) is 0 Å².